The molecule has 1 aromatic carbocycles. The molecule has 19 heavy (non-hydrogen) atoms. The molecule has 0 aromatic heterocycles. The van der Waals surface area contributed by atoms with Gasteiger partial charge in [-0.05, 0) is 51.1 Å². The van der Waals surface area contributed by atoms with Crippen molar-refractivity contribution >= 4 is 23.2 Å². The Morgan fingerprint density at radius 1 is 1.47 bits per heavy atom. The summed E-state index contributed by atoms with van der Waals surface area (Å²) in [5, 5.41) is 3.36. The van der Waals surface area contributed by atoms with Gasteiger partial charge in [-0.25, -0.2) is 0 Å². The van der Waals surface area contributed by atoms with Gasteiger partial charge >= 0.3 is 0 Å². The molecule has 1 aliphatic rings. The molecule has 1 atom stereocenters. The van der Waals surface area contributed by atoms with Crippen LogP contribution in [0.15, 0.2) is 18.2 Å². The number of likely N-dealkylation sites (tertiary alicyclic amines) is 1. The van der Waals surface area contributed by atoms with Gasteiger partial charge in [0.05, 0.1) is 10.7 Å². The molecule has 104 valence electrons. The van der Waals surface area contributed by atoms with Gasteiger partial charge in [0.1, 0.15) is 0 Å². The highest BCUT2D eigenvalue weighted by Crippen LogP contribution is 2.19. The van der Waals surface area contributed by atoms with Crippen molar-refractivity contribution in [2.75, 3.05) is 25.4 Å². The van der Waals surface area contributed by atoms with Gasteiger partial charge in [-0.2, -0.15) is 0 Å². The minimum absolute atomic E-state index is 0.104. The van der Waals surface area contributed by atoms with Crippen LogP contribution in [0.25, 0.3) is 0 Å². The Morgan fingerprint density at radius 3 is 2.79 bits per heavy atom. The van der Waals surface area contributed by atoms with Crippen molar-refractivity contribution in [2.24, 2.45) is 0 Å². The summed E-state index contributed by atoms with van der Waals surface area (Å²) in [6.07, 6.45) is 2.51. The van der Waals surface area contributed by atoms with Crippen molar-refractivity contribution in [1.82, 2.24) is 10.2 Å². The van der Waals surface area contributed by atoms with Crippen LogP contribution in [-0.2, 0) is 0 Å². The van der Waals surface area contributed by atoms with Crippen LogP contribution >= 0.6 is 11.6 Å². The number of nitrogens with one attached hydrogen (secondary N) is 1. The average molecular weight is 282 g/mol. The number of carbonyl (C=O) groups is 1. The lowest BCUT2D eigenvalue weighted by Crippen LogP contribution is -2.40. The average Bonchev–Trinajstić information content (AvgIpc) is 2.92. The van der Waals surface area contributed by atoms with Crippen LogP contribution < -0.4 is 11.1 Å². The second-order valence-corrected chi connectivity index (χ2v) is 5.45. The van der Waals surface area contributed by atoms with Crippen molar-refractivity contribution in [2.45, 2.75) is 25.8 Å². The van der Waals surface area contributed by atoms with E-state index in [0.717, 1.165) is 13.1 Å². The second kappa shape index (κ2) is 6.26. The first-order valence-corrected chi connectivity index (χ1v) is 7.03. The summed E-state index contributed by atoms with van der Waals surface area (Å²) >= 11 is 5.91. The number of anilines is 1. The first-order valence-electron chi connectivity index (χ1n) is 6.65. The Kier molecular flexibility index (Phi) is 4.66. The van der Waals surface area contributed by atoms with Crippen LogP contribution in [0, 0.1) is 0 Å². The highest BCUT2D eigenvalue weighted by atomic mass is 35.5. The van der Waals surface area contributed by atoms with Crippen molar-refractivity contribution in [3.63, 3.8) is 0 Å². The fraction of sp³-hybridized carbons (Fsp3) is 0.500. The molecule has 0 bridgehead atoms. The maximum Gasteiger partial charge on any atom is 0.251 e. The third-order valence-corrected chi connectivity index (χ3v) is 3.91. The van der Waals surface area contributed by atoms with Crippen molar-refractivity contribution in [3.8, 4) is 0 Å². The van der Waals surface area contributed by atoms with E-state index in [4.69, 9.17) is 17.3 Å². The van der Waals surface area contributed by atoms with Gasteiger partial charge in [-0.1, -0.05) is 11.6 Å². The van der Waals surface area contributed by atoms with E-state index in [-0.39, 0.29) is 5.91 Å². The fourth-order valence-corrected chi connectivity index (χ4v) is 2.50. The number of nitrogen functional groups attached to an aromatic ring is 1. The zero-order valence-corrected chi connectivity index (χ0v) is 11.9. The standard InChI is InChI=1S/C14H20ClN3O/c1-10(18-6-2-3-7-18)9-17-14(19)11-4-5-13(16)12(15)8-11/h4-5,8,10H,2-3,6-7,9,16H2,1H3,(H,17,19). The lowest BCUT2D eigenvalue weighted by Gasteiger charge is -2.23. The van der Waals surface area contributed by atoms with Gasteiger partial charge in [0, 0.05) is 18.2 Å². The molecule has 0 aliphatic carbocycles. The molecule has 1 saturated heterocycles. The second-order valence-electron chi connectivity index (χ2n) is 5.04. The monoisotopic (exact) mass is 281 g/mol. The smallest absolute Gasteiger partial charge is 0.251 e. The summed E-state index contributed by atoms with van der Waals surface area (Å²) in [6.45, 7) is 5.05. The summed E-state index contributed by atoms with van der Waals surface area (Å²) in [5.41, 5.74) is 6.66. The number of nitrogens with two attached hydrogens (primary N) is 1. The molecular weight excluding hydrogens is 262 g/mol. The predicted molar refractivity (Wildman–Crippen MR) is 78.5 cm³/mol. The van der Waals surface area contributed by atoms with Gasteiger partial charge in [0.2, 0.25) is 0 Å². The molecule has 4 nitrogen and oxygen atoms in total. The third kappa shape index (κ3) is 3.61. The largest absolute Gasteiger partial charge is 0.398 e. The van der Waals surface area contributed by atoms with E-state index in [1.54, 1.807) is 18.2 Å². The maximum atomic E-state index is 12.0. The van der Waals surface area contributed by atoms with Crippen LogP contribution in [-0.4, -0.2) is 36.5 Å². The summed E-state index contributed by atoms with van der Waals surface area (Å²) in [6, 6.07) is 5.32. The SMILES string of the molecule is CC(CNC(=O)c1ccc(N)c(Cl)c1)N1CCCC1. The lowest BCUT2D eigenvalue weighted by molar-refractivity contribution is 0.0940. The maximum absolute atomic E-state index is 12.0. The van der Waals surface area contributed by atoms with Crippen molar-refractivity contribution in [3.05, 3.63) is 28.8 Å². The van der Waals surface area contributed by atoms with Crippen LogP contribution in [0.1, 0.15) is 30.1 Å². The Morgan fingerprint density at radius 2 is 2.16 bits per heavy atom. The minimum atomic E-state index is -0.104. The van der Waals surface area contributed by atoms with E-state index in [2.05, 4.69) is 17.1 Å². The van der Waals surface area contributed by atoms with Crippen molar-refractivity contribution < 1.29 is 4.79 Å². The quantitative estimate of drug-likeness (QED) is 0.832. The Bertz CT molecular complexity index is 458. The Hall–Kier alpha value is -1.26. The number of amides is 1. The molecule has 1 heterocycles. The van der Waals surface area contributed by atoms with Crippen LogP contribution in [0.4, 0.5) is 5.69 Å². The molecule has 1 unspecified atom stereocenters. The lowest BCUT2D eigenvalue weighted by atomic mass is 10.2. The summed E-state index contributed by atoms with van der Waals surface area (Å²) in [4.78, 5) is 14.4. The number of rotatable bonds is 4. The topological polar surface area (TPSA) is 58.4 Å². The van der Waals surface area contributed by atoms with Gasteiger partial charge in [0.25, 0.3) is 5.91 Å². The van der Waals surface area contributed by atoms with Crippen LogP contribution in [0.3, 0.4) is 0 Å². The summed E-state index contributed by atoms with van der Waals surface area (Å²) in [5.74, 6) is -0.104. The molecule has 3 N–H and O–H groups in total. The first-order chi connectivity index (χ1) is 9.08. The summed E-state index contributed by atoms with van der Waals surface area (Å²) in [7, 11) is 0. The molecule has 0 radical (unpaired) electrons. The molecule has 5 heteroatoms. The molecule has 1 aliphatic heterocycles. The highest BCUT2D eigenvalue weighted by Gasteiger charge is 2.18. The number of carbonyl (C=O) groups excluding carboxylic acids is 1. The number of hydrogen-bond donors (Lipinski definition) is 2. The number of hydrogen-bond acceptors (Lipinski definition) is 3. The van der Waals surface area contributed by atoms with Crippen LogP contribution in [0.5, 0.6) is 0 Å². The zero-order valence-electron chi connectivity index (χ0n) is 11.2. The molecule has 1 amide bonds. The Balaban J connectivity index is 1.88. The van der Waals surface area contributed by atoms with E-state index in [1.165, 1.54) is 12.8 Å². The normalized spacial score (nSPS) is 17.4. The first kappa shape index (κ1) is 14.2. The van der Waals surface area contributed by atoms with Gasteiger partial charge < -0.3 is 11.1 Å². The number of nitrogens with zero attached hydrogens (tertiary/aromatic N) is 1. The summed E-state index contributed by atoms with van der Waals surface area (Å²) < 4.78 is 0. The molecular formula is C14H20ClN3O. The third-order valence-electron chi connectivity index (χ3n) is 3.58. The molecule has 0 saturated carbocycles. The fourth-order valence-electron chi connectivity index (χ4n) is 2.32. The highest BCUT2D eigenvalue weighted by molar-refractivity contribution is 6.33. The van der Waals surface area contributed by atoms with E-state index in [0.29, 0.717) is 28.9 Å². The van der Waals surface area contributed by atoms with E-state index >= 15 is 0 Å². The molecule has 1 fully saturated rings. The van der Waals surface area contributed by atoms with Gasteiger partial charge in [-0.3, -0.25) is 9.69 Å². The van der Waals surface area contributed by atoms with E-state index in [1.807, 2.05) is 0 Å². The number of halogens is 1. The molecule has 1 aromatic rings. The van der Waals surface area contributed by atoms with Crippen molar-refractivity contribution in [1.29, 1.82) is 0 Å². The Labute approximate surface area is 118 Å². The zero-order chi connectivity index (χ0) is 13.8. The van der Waals surface area contributed by atoms with Gasteiger partial charge in [0.15, 0.2) is 0 Å². The number of benzene rings is 1. The predicted octanol–water partition coefficient (Wildman–Crippen LogP) is 2.14. The molecule has 0 spiro atoms. The van der Waals surface area contributed by atoms with E-state index in [9.17, 15) is 4.79 Å². The van der Waals surface area contributed by atoms with Gasteiger partial charge in [-0.15, -0.1) is 0 Å². The minimum Gasteiger partial charge on any atom is -0.398 e. The molecule has 2 rings (SSSR count). The van der Waals surface area contributed by atoms with Crippen LogP contribution in [0.2, 0.25) is 5.02 Å². The van der Waals surface area contributed by atoms with E-state index < -0.39 is 0 Å².